The largest absolute Gasteiger partial charge is 0.496 e. The van der Waals surface area contributed by atoms with Gasteiger partial charge in [0.05, 0.1) is 7.11 Å². The molecule has 2 aromatic rings. The molecule has 0 fully saturated rings. The van der Waals surface area contributed by atoms with E-state index in [4.69, 9.17) is 16.3 Å². The van der Waals surface area contributed by atoms with E-state index >= 15 is 0 Å². The molecule has 0 saturated carbocycles. The summed E-state index contributed by atoms with van der Waals surface area (Å²) in [6.45, 7) is 2.69. The van der Waals surface area contributed by atoms with E-state index in [1.54, 1.807) is 13.2 Å². The Labute approximate surface area is 129 Å². The van der Waals surface area contributed by atoms with Gasteiger partial charge < -0.3 is 10.1 Å². The maximum Gasteiger partial charge on any atom is 0.124 e. The molecule has 0 radical (unpaired) electrons. The maximum atomic E-state index is 13.1. The van der Waals surface area contributed by atoms with Crippen molar-refractivity contribution >= 4 is 11.6 Å². The summed E-state index contributed by atoms with van der Waals surface area (Å²) in [6, 6.07) is 12.6. The van der Waals surface area contributed by atoms with Crippen LogP contribution in [0.3, 0.4) is 0 Å². The third kappa shape index (κ3) is 3.96. The van der Waals surface area contributed by atoms with Gasteiger partial charge in [-0.25, -0.2) is 4.39 Å². The molecule has 1 N–H and O–H groups in total. The van der Waals surface area contributed by atoms with E-state index in [0.29, 0.717) is 11.6 Å². The van der Waals surface area contributed by atoms with Crippen LogP contribution >= 0.6 is 11.6 Å². The second kappa shape index (κ2) is 7.43. The molecule has 0 aliphatic rings. The third-order valence-electron chi connectivity index (χ3n) is 3.48. The minimum Gasteiger partial charge on any atom is -0.496 e. The Kier molecular flexibility index (Phi) is 5.59. The van der Waals surface area contributed by atoms with Crippen LogP contribution in [-0.4, -0.2) is 7.11 Å². The van der Waals surface area contributed by atoms with Crippen molar-refractivity contribution in [3.8, 4) is 5.75 Å². The third-order valence-corrected chi connectivity index (χ3v) is 3.83. The Hall–Kier alpha value is -1.58. The first-order chi connectivity index (χ1) is 10.2. The number of halogens is 2. The van der Waals surface area contributed by atoms with Crippen molar-refractivity contribution in [3.63, 3.8) is 0 Å². The van der Waals surface area contributed by atoms with Gasteiger partial charge in [0.2, 0.25) is 0 Å². The molecule has 1 unspecified atom stereocenters. The number of methoxy groups -OCH3 is 1. The van der Waals surface area contributed by atoms with Crippen LogP contribution in [0.5, 0.6) is 5.75 Å². The Morgan fingerprint density at radius 3 is 2.67 bits per heavy atom. The van der Waals surface area contributed by atoms with Gasteiger partial charge >= 0.3 is 0 Å². The Balaban J connectivity index is 2.12. The first-order valence-corrected chi connectivity index (χ1v) is 7.33. The van der Waals surface area contributed by atoms with Crippen LogP contribution in [0.2, 0.25) is 5.02 Å². The summed E-state index contributed by atoms with van der Waals surface area (Å²) in [4.78, 5) is 0. The number of benzene rings is 2. The average molecular weight is 308 g/mol. The quantitative estimate of drug-likeness (QED) is 0.833. The topological polar surface area (TPSA) is 21.3 Å². The van der Waals surface area contributed by atoms with Gasteiger partial charge in [-0.05, 0) is 30.2 Å². The van der Waals surface area contributed by atoms with Crippen LogP contribution < -0.4 is 10.1 Å². The molecular formula is C17H19ClFNO. The van der Waals surface area contributed by atoms with E-state index in [0.717, 1.165) is 23.3 Å². The Morgan fingerprint density at radius 1 is 1.24 bits per heavy atom. The summed E-state index contributed by atoms with van der Waals surface area (Å²) < 4.78 is 18.5. The minimum absolute atomic E-state index is 0.155. The number of ether oxygens (including phenoxy) is 1. The number of hydrogen-bond acceptors (Lipinski definition) is 2. The predicted octanol–water partition coefficient (Wildman–Crippen LogP) is 4.73. The van der Waals surface area contributed by atoms with Gasteiger partial charge in [0, 0.05) is 23.2 Å². The van der Waals surface area contributed by atoms with Crippen molar-refractivity contribution in [2.45, 2.75) is 25.9 Å². The summed E-state index contributed by atoms with van der Waals surface area (Å²) in [7, 11) is 1.67. The molecule has 0 aromatic heterocycles. The lowest BCUT2D eigenvalue weighted by molar-refractivity contribution is 0.396. The number of hydrogen-bond donors (Lipinski definition) is 1. The lowest BCUT2D eigenvalue weighted by Crippen LogP contribution is -2.21. The van der Waals surface area contributed by atoms with E-state index in [1.165, 1.54) is 12.1 Å². The molecule has 0 saturated heterocycles. The number of para-hydroxylation sites is 1. The van der Waals surface area contributed by atoms with Crippen LogP contribution in [0, 0.1) is 5.82 Å². The van der Waals surface area contributed by atoms with Crippen LogP contribution in [-0.2, 0) is 6.54 Å². The van der Waals surface area contributed by atoms with Gasteiger partial charge in [0.1, 0.15) is 11.6 Å². The highest BCUT2D eigenvalue weighted by molar-refractivity contribution is 6.31. The van der Waals surface area contributed by atoms with E-state index in [9.17, 15) is 4.39 Å². The first kappa shape index (κ1) is 15.8. The molecule has 2 rings (SSSR count). The van der Waals surface area contributed by atoms with Crippen LogP contribution in [0.25, 0.3) is 0 Å². The van der Waals surface area contributed by atoms with Crippen molar-refractivity contribution in [3.05, 3.63) is 64.4 Å². The van der Waals surface area contributed by atoms with E-state index < -0.39 is 0 Å². The normalized spacial score (nSPS) is 12.2. The predicted molar refractivity (Wildman–Crippen MR) is 84.3 cm³/mol. The summed E-state index contributed by atoms with van der Waals surface area (Å²) in [5.74, 6) is 0.544. The van der Waals surface area contributed by atoms with Crippen molar-refractivity contribution in [1.29, 1.82) is 0 Å². The lowest BCUT2D eigenvalue weighted by Gasteiger charge is -2.20. The molecule has 112 valence electrons. The molecular weight excluding hydrogens is 289 g/mol. The summed E-state index contributed by atoms with van der Waals surface area (Å²) in [6.07, 6.45) is 0.916. The van der Waals surface area contributed by atoms with Crippen LogP contribution in [0.1, 0.15) is 30.5 Å². The second-order valence-corrected chi connectivity index (χ2v) is 5.23. The summed E-state index contributed by atoms with van der Waals surface area (Å²) in [5.41, 5.74) is 1.99. The summed E-state index contributed by atoms with van der Waals surface area (Å²) in [5, 5.41) is 3.89. The first-order valence-electron chi connectivity index (χ1n) is 6.96. The van der Waals surface area contributed by atoms with Gasteiger partial charge in [-0.15, -0.1) is 0 Å². The van der Waals surface area contributed by atoms with Crippen LogP contribution in [0.4, 0.5) is 4.39 Å². The van der Waals surface area contributed by atoms with E-state index in [1.807, 2.05) is 24.3 Å². The van der Waals surface area contributed by atoms with Gasteiger partial charge in [0.25, 0.3) is 0 Å². The zero-order valence-electron chi connectivity index (χ0n) is 12.2. The van der Waals surface area contributed by atoms with Gasteiger partial charge in [-0.1, -0.05) is 42.8 Å². The molecule has 2 nitrogen and oxygen atoms in total. The van der Waals surface area contributed by atoms with E-state index in [2.05, 4.69) is 12.2 Å². The highest BCUT2D eigenvalue weighted by Gasteiger charge is 2.14. The highest BCUT2D eigenvalue weighted by Crippen LogP contribution is 2.27. The monoisotopic (exact) mass is 307 g/mol. The fraction of sp³-hybridized carbons (Fsp3) is 0.294. The molecule has 1 atom stereocenters. The highest BCUT2D eigenvalue weighted by atomic mass is 35.5. The molecule has 0 heterocycles. The fourth-order valence-corrected chi connectivity index (χ4v) is 2.56. The van der Waals surface area contributed by atoms with Crippen LogP contribution in [0.15, 0.2) is 42.5 Å². The lowest BCUT2D eigenvalue weighted by atomic mass is 10.0. The van der Waals surface area contributed by atoms with Gasteiger partial charge in [0.15, 0.2) is 0 Å². The molecule has 0 spiro atoms. The van der Waals surface area contributed by atoms with Crippen molar-refractivity contribution in [2.24, 2.45) is 0 Å². The molecule has 0 bridgehead atoms. The average Bonchev–Trinajstić information content (AvgIpc) is 2.50. The standard InChI is InChI=1S/C17H19ClFNO/c1-3-16(14-6-4-5-7-17(14)21-2)20-11-12-8-9-13(19)10-15(12)18/h4-10,16,20H,3,11H2,1-2H3. The Morgan fingerprint density at radius 2 is 2.00 bits per heavy atom. The smallest absolute Gasteiger partial charge is 0.124 e. The minimum atomic E-state index is -0.319. The van der Waals surface area contributed by atoms with E-state index in [-0.39, 0.29) is 11.9 Å². The van der Waals surface area contributed by atoms with Gasteiger partial charge in [-0.3, -0.25) is 0 Å². The molecule has 21 heavy (non-hydrogen) atoms. The molecule has 0 amide bonds. The zero-order valence-corrected chi connectivity index (χ0v) is 13.0. The second-order valence-electron chi connectivity index (χ2n) is 4.82. The zero-order chi connectivity index (χ0) is 15.2. The summed E-state index contributed by atoms with van der Waals surface area (Å²) >= 11 is 6.06. The maximum absolute atomic E-state index is 13.1. The van der Waals surface area contributed by atoms with Crippen molar-refractivity contribution in [1.82, 2.24) is 5.32 Å². The number of rotatable bonds is 6. The van der Waals surface area contributed by atoms with Crippen molar-refractivity contribution < 1.29 is 9.13 Å². The molecule has 0 aliphatic heterocycles. The SMILES string of the molecule is CCC(NCc1ccc(F)cc1Cl)c1ccccc1OC. The Bertz CT molecular complexity index is 603. The molecule has 0 aliphatic carbocycles. The fourth-order valence-electron chi connectivity index (χ4n) is 2.33. The van der Waals surface area contributed by atoms with Gasteiger partial charge in [-0.2, -0.15) is 0 Å². The molecule has 2 aromatic carbocycles. The number of nitrogens with one attached hydrogen (secondary N) is 1. The molecule has 4 heteroatoms. The van der Waals surface area contributed by atoms with Crippen molar-refractivity contribution in [2.75, 3.05) is 7.11 Å².